The first kappa shape index (κ1) is 22.2. The molecule has 0 saturated heterocycles. The maximum absolute atomic E-state index is 12.7. The highest BCUT2D eigenvalue weighted by Gasteiger charge is 2.31. The van der Waals surface area contributed by atoms with Crippen LogP contribution >= 0.6 is 11.6 Å². The Labute approximate surface area is 169 Å². The summed E-state index contributed by atoms with van der Waals surface area (Å²) in [6.07, 6.45) is -3.63. The van der Waals surface area contributed by atoms with Crippen LogP contribution in [0.2, 0.25) is 5.02 Å². The Bertz CT molecular complexity index is 917. The molecule has 0 unspecified atom stereocenters. The zero-order valence-corrected chi connectivity index (χ0v) is 16.0. The van der Waals surface area contributed by atoms with Crippen LogP contribution in [0.4, 0.5) is 18.9 Å². The molecule has 0 bridgehead atoms. The van der Waals surface area contributed by atoms with Gasteiger partial charge in [0.15, 0.2) is 0 Å². The molecule has 0 spiro atoms. The summed E-state index contributed by atoms with van der Waals surface area (Å²) in [7, 11) is 1.52. The molecule has 2 aromatic rings. The van der Waals surface area contributed by atoms with E-state index in [-0.39, 0.29) is 23.6 Å². The average Bonchev–Trinajstić information content (AvgIpc) is 2.67. The van der Waals surface area contributed by atoms with E-state index < -0.39 is 23.6 Å². The highest BCUT2D eigenvalue weighted by atomic mass is 35.5. The molecule has 0 fully saturated rings. The third-order valence-electron chi connectivity index (χ3n) is 3.64. The number of methoxy groups -OCH3 is 1. The van der Waals surface area contributed by atoms with Crippen LogP contribution in [0, 0.1) is 0 Å². The van der Waals surface area contributed by atoms with E-state index >= 15 is 0 Å². The highest BCUT2D eigenvalue weighted by molar-refractivity contribution is 6.33. The normalized spacial score (nSPS) is 11.3. The fourth-order valence-electron chi connectivity index (χ4n) is 2.19. The Kier molecular flexibility index (Phi) is 7.60. The van der Waals surface area contributed by atoms with Crippen LogP contribution in [0.5, 0.6) is 5.75 Å². The van der Waals surface area contributed by atoms with Gasteiger partial charge < -0.3 is 10.1 Å². The summed E-state index contributed by atoms with van der Waals surface area (Å²) in [5, 5.41) is 6.00. The second-order valence-corrected chi connectivity index (χ2v) is 6.22. The standard InChI is InChI=1S/C19H17ClF3N3O3/c1-29-14-4-2-3-12(9-14)11-24-26-18(28)8-7-17(27)25-16-10-13(19(21,22)23)5-6-15(16)20/h2-6,9-11H,7-8H2,1H3,(H,25,27)(H,26,28)/b24-11+. The molecule has 0 atom stereocenters. The molecule has 0 aliphatic heterocycles. The van der Waals surface area contributed by atoms with Crippen molar-refractivity contribution >= 4 is 35.3 Å². The van der Waals surface area contributed by atoms with Gasteiger partial charge in [0.25, 0.3) is 0 Å². The lowest BCUT2D eigenvalue weighted by Crippen LogP contribution is -2.21. The Morgan fingerprint density at radius 1 is 1.14 bits per heavy atom. The number of rotatable bonds is 7. The molecule has 2 rings (SSSR count). The number of amides is 2. The molecule has 0 aliphatic carbocycles. The van der Waals surface area contributed by atoms with Crippen molar-refractivity contribution < 1.29 is 27.5 Å². The molecular formula is C19H17ClF3N3O3. The van der Waals surface area contributed by atoms with Crippen molar-refractivity contribution in [3.05, 3.63) is 58.6 Å². The summed E-state index contributed by atoms with van der Waals surface area (Å²) in [6, 6.07) is 9.56. The molecule has 0 radical (unpaired) electrons. The summed E-state index contributed by atoms with van der Waals surface area (Å²) < 4.78 is 43.3. The van der Waals surface area contributed by atoms with Gasteiger partial charge in [0.05, 0.1) is 29.6 Å². The van der Waals surface area contributed by atoms with E-state index in [1.54, 1.807) is 24.3 Å². The first-order valence-electron chi connectivity index (χ1n) is 8.31. The lowest BCUT2D eigenvalue weighted by molar-refractivity contribution is -0.137. The Morgan fingerprint density at radius 3 is 2.55 bits per heavy atom. The van der Waals surface area contributed by atoms with Gasteiger partial charge in [-0.15, -0.1) is 0 Å². The van der Waals surface area contributed by atoms with Gasteiger partial charge in [-0.3, -0.25) is 9.59 Å². The maximum Gasteiger partial charge on any atom is 0.416 e. The van der Waals surface area contributed by atoms with Crippen molar-refractivity contribution in [2.45, 2.75) is 19.0 Å². The topological polar surface area (TPSA) is 79.8 Å². The maximum atomic E-state index is 12.7. The SMILES string of the molecule is COc1cccc(/C=N/NC(=O)CCC(=O)Nc2cc(C(F)(F)F)ccc2Cl)c1. The molecule has 10 heteroatoms. The number of carbonyl (C=O) groups excluding carboxylic acids is 2. The van der Waals surface area contributed by atoms with E-state index in [1.165, 1.54) is 13.3 Å². The summed E-state index contributed by atoms with van der Waals surface area (Å²) in [6.45, 7) is 0. The second kappa shape index (κ2) is 9.92. The molecule has 0 saturated carbocycles. The summed E-state index contributed by atoms with van der Waals surface area (Å²) in [5.41, 5.74) is 1.84. The van der Waals surface area contributed by atoms with Crippen molar-refractivity contribution in [1.82, 2.24) is 5.43 Å². The smallest absolute Gasteiger partial charge is 0.416 e. The molecule has 0 aliphatic rings. The van der Waals surface area contributed by atoms with Crippen LogP contribution in [0.15, 0.2) is 47.6 Å². The van der Waals surface area contributed by atoms with Gasteiger partial charge in [0.1, 0.15) is 5.75 Å². The molecular weight excluding hydrogens is 411 g/mol. The molecule has 2 amide bonds. The van der Waals surface area contributed by atoms with E-state index in [0.29, 0.717) is 11.3 Å². The highest BCUT2D eigenvalue weighted by Crippen LogP contribution is 2.33. The van der Waals surface area contributed by atoms with Gasteiger partial charge in [0.2, 0.25) is 11.8 Å². The number of halogens is 4. The minimum Gasteiger partial charge on any atom is -0.497 e. The number of hydrazone groups is 1. The number of hydrogen-bond donors (Lipinski definition) is 2. The number of hydrogen-bond acceptors (Lipinski definition) is 4. The molecule has 2 aromatic carbocycles. The van der Waals surface area contributed by atoms with Gasteiger partial charge in [0, 0.05) is 12.8 Å². The fraction of sp³-hybridized carbons (Fsp3) is 0.211. The lowest BCUT2D eigenvalue weighted by atomic mass is 10.2. The zero-order valence-electron chi connectivity index (χ0n) is 15.2. The average molecular weight is 428 g/mol. The minimum atomic E-state index is -4.56. The van der Waals surface area contributed by atoms with Crippen molar-refractivity contribution in [1.29, 1.82) is 0 Å². The quantitative estimate of drug-likeness (QED) is 0.512. The van der Waals surface area contributed by atoms with Crippen LogP contribution < -0.4 is 15.5 Å². The number of alkyl halides is 3. The van der Waals surface area contributed by atoms with E-state index in [0.717, 1.165) is 18.2 Å². The Morgan fingerprint density at radius 2 is 1.86 bits per heavy atom. The molecule has 0 heterocycles. The summed E-state index contributed by atoms with van der Waals surface area (Å²) in [4.78, 5) is 23.7. The van der Waals surface area contributed by atoms with Gasteiger partial charge in [-0.05, 0) is 35.9 Å². The van der Waals surface area contributed by atoms with Crippen LogP contribution in [0.3, 0.4) is 0 Å². The number of nitrogens with zero attached hydrogens (tertiary/aromatic N) is 1. The molecule has 0 aromatic heterocycles. The minimum absolute atomic E-state index is 0.0429. The van der Waals surface area contributed by atoms with Crippen molar-refractivity contribution in [2.24, 2.45) is 5.10 Å². The van der Waals surface area contributed by atoms with E-state index in [1.807, 2.05) is 0 Å². The van der Waals surface area contributed by atoms with Crippen LogP contribution in [-0.2, 0) is 15.8 Å². The number of carbonyl (C=O) groups is 2. The van der Waals surface area contributed by atoms with Crippen molar-refractivity contribution in [2.75, 3.05) is 12.4 Å². The molecule has 6 nitrogen and oxygen atoms in total. The van der Waals surface area contributed by atoms with Gasteiger partial charge in [-0.2, -0.15) is 18.3 Å². The zero-order chi connectivity index (χ0) is 21.4. The van der Waals surface area contributed by atoms with Gasteiger partial charge in [-0.1, -0.05) is 23.7 Å². The molecule has 2 N–H and O–H groups in total. The van der Waals surface area contributed by atoms with Crippen molar-refractivity contribution in [3.63, 3.8) is 0 Å². The van der Waals surface area contributed by atoms with Gasteiger partial charge >= 0.3 is 6.18 Å². The van der Waals surface area contributed by atoms with Crippen molar-refractivity contribution in [3.8, 4) is 5.75 Å². The first-order valence-corrected chi connectivity index (χ1v) is 8.69. The predicted octanol–water partition coefficient (Wildman–Crippen LogP) is 4.24. The predicted molar refractivity (Wildman–Crippen MR) is 103 cm³/mol. The largest absolute Gasteiger partial charge is 0.497 e. The third-order valence-corrected chi connectivity index (χ3v) is 3.97. The monoisotopic (exact) mass is 427 g/mol. The van der Waals surface area contributed by atoms with Crippen LogP contribution in [-0.4, -0.2) is 25.1 Å². The second-order valence-electron chi connectivity index (χ2n) is 5.81. The third kappa shape index (κ3) is 7.11. The molecule has 29 heavy (non-hydrogen) atoms. The van der Waals surface area contributed by atoms with Crippen LogP contribution in [0.1, 0.15) is 24.0 Å². The molecule has 154 valence electrons. The Balaban J connectivity index is 1.84. The van der Waals surface area contributed by atoms with E-state index in [9.17, 15) is 22.8 Å². The van der Waals surface area contributed by atoms with Crippen LogP contribution in [0.25, 0.3) is 0 Å². The Hall–Kier alpha value is -3.07. The number of benzene rings is 2. The summed E-state index contributed by atoms with van der Waals surface area (Å²) in [5.74, 6) is -0.558. The summed E-state index contributed by atoms with van der Waals surface area (Å²) >= 11 is 5.81. The van der Waals surface area contributed by atoms with E-state index in [2.05, 4.69) is 15.8 Å². The van der Waals surface area contributed by atoms with E-state index in [4.69, 9.17) is 16.3 Å². The fourth-order valence-corrected chi connectivity index (χ4v) is 2.36. The number of ether oxygens (including phenoxy) is 1. The lowest BCUT2D eigenvalue weighted by Gasteiger charge is -2.11. The first-order chi connectivity index (χ1) is 13.7. The van der Waals surface area contributed by atoms with Gasteiger partial charge in [-0.25, -0.2) is 5.43 Å². The number of nitrogens with one attached hydrogen (secondary N) is 2. The number of anilines is 1.